The largest absolute Gasteiger partial charge is 0.331 e. The van der Waals surface area contributed by atoms with Gasteiger partial charge < -0.3 is 15.5 Å². The van der Waals surface area contributed by atoms with Crippen LogP contribution in [0.4, 0.5) is 21.9 Å². The van der Waals surface area contributed by atoms with E-state index in [1.165, 1.54) is 22.3 Å². The van der Waals surface area contributed by atoms with E-state index in [4.69, 9.17) is 0 Å². The van der Waals surface area contributed by atoms with Crippen LogP contribution in [0.1, 0.15) is 47.6 Å². The summed E-state index contributed by atoms with van der Waals surface area (Å²) in [5.74, 6) is -0.0944. The van der Waals surface area contributed by atoms with E-state index < -0.39 is 0 Å². The summed E-state index contributed by atoms with van der Waals surface area (Å²) in [7, 11) is 0. The number of pyridine rings is 2. The zero-order chi connectivity index (χ0) is 26.3. The highest BCUT2D eigenvalue weighted by Crippen LogP contribution is 2.46. The van der Waals surface area contributed by atoms with Gasteiger partial charge in [-0.1, -0.05) is 20.4 Å². The van der Waals surface area contributed by atoms with E-state index in [9.17, 15) is 14.4 Å². The van der Waals surface area contributed by atoms with Crippen LogP contribution in [-0.2, 0) is 11.2 Å². The lowest BCUT2D eigenvalue weighted by Gasteiger charge is -2.29. The summed E-state index contributed by atoms with van der Waals surface area (Å²) in [5, 5.41) is 6.55. The number of urea groups is 1. The summed E-state index contributed by atoms with van der Waals surface area (Å²) in [6.07, 6.45) is 8.49. The summed E-state index contributed by atoms with van der Waals surface area (Å²) < 4.78 is 0. The molecule has 4 amide bonds. The average Bonchev–Trinajstić information content (AvgIpc) is 3.24. The third-order valence-electron chi connectivity index (χ3n) is 6.34. The average molecular weight is 517 g/mol. The maximum Gasteiger partial charge on any atom is 0.331 e. The highest BCUT2D eigenvalue weighted by Gasteiger charge is 2.33. The fourth-order valence-electron chi connectivity index (χ4n) is 4.70. The maximum atomic E-state index is 13.4. The van der Waals surface area contributed by atoms with Crippen LogP contribution >= 0.6 is 11.3 Å². The number of aromatic nitrogens is 2. The molecule has 0 fully saturated rings. The van der Waals surface area contributed by atoms with E-state index in [1.54, 1.807) is 29.6 Å². The summed E-state index contributed by atoms with van der Waals surface area (Å²) >= 11 is 1.22. The Morgan fingerprint density at radius 3 is 2.84 bits per heavy atom. The predicted molar refractivity (Wildman–Crippen MR) is 145 cm³/mol. The van der Waals surface area contributed by atoms with Crippen molar-refractivity contribution in [3.05, 3.63) is 65.2 Å². The zero-order valence-electron chi connectivity index (χ0n) is 21.0. The Morgan fingerprint density at radius 1 is 1.30 bits per heavy atom. The van der Waals surface area contributed by atoms with E-state index in [0.717, 1.165) is 24.1 Å². The molecular formula is C27H28N6O3S. The molecule has 0 aliphatic carbocycles. The van der Waals surface area contributed by atoms with Gasteiger partial charge in [0, 0.05) is 30.3 Å². The molecule has 10 heteroatoms. The summed E-state index contributed by atoms with van der Waals surface area (Å²) in [4.78, 5) is 51.9. The number of thiophene rings is 1. The quantitative estimate of drug-likeness (QED) is 0.435. The van der Waals surface area contributed by atoms with Crippen molar-refractivity contribution < 1.29 is 14.4 Å². The van der Waals surface area contributed by atoms with Gasteiger partial charge in [0.1, 0.15) is 9.71 Å². The molecule has 5 heterocycles. The van der Waals surface area contributed by atoms with E-state index in [1.807, 2.05) is 13.0 Å². The number of amides is 4. The normalized spacial score (nSPS) is 15.0. The van der Waals surface area contributed by atoms with Gasteiger partial charge >= 0.3 is 6.03 Å². The minimum atomic E-state index is -0.367. The van der Waals surface area contributed by atoms with Crippen molar-refractivity contribution in [3.8, 4) is 0 Å². The second-order valence-electron chi connectivity index (χ2n) is 9.59. The number of carbonyl (C=O) groups is 3. The van der Waals surface area contributed by atoms with Crippen LogP contribution in [0.15, 0.2) is 49.1 Å². The van der Waals surface area contributed by atoms with Crippen LogP contribution in [0.25, 0.3) is 10.2 Å². The second kappa shape index (κ2) is 9.78. The van der Waals surface area contributed by atoms with Crippen molar-refractivity contribution >= 4 is 56.5 Å². The van der Waals surface area contributed by atoms with Crippen LogP contribution in [0.2, 0.25) is 0 Å². The molecule has 0 saturated carbocycles. The second-order valence-corrected chi connectivity index (χ2v) is 10.6. The molecule has 0 bridgehead atoms. The number of rotatable bonds is 6. The van der Waals surface area contributed by atoms with Gasteiger partial charge in [-0.05, 0) is 55.9 Å². The highest BCUT2D eigenvalue weighted by atomic mass is 32.1. The topological polar surface area (TPSA) is 108 Å². The first-order chi connectivity index (χ1) is 17.8. The number of allylic oxidation sites excluding steroid dienone is 1. The van der Waals surface area contributed by atoms with Crippen LogP contribution in [-0.4, -0.2) is 39.3 Å². The molecule has 0 spiro atoms. The van der Waals surface area contributed by atoms with Crippen molar-refractivity contribution in [2.24, 2.45) is 5.92 Å². The minimum Gasteiger partial charge on any atom is -0.323 e. The van der Waals surface area contributed by atoms with Gasteiger partial charge in [0.15, 0.2) is 0 Å². The molecule has 37 heavy (non-hydrogen) atoms. The lowest BCUT2D eigenvalue weighted by Crippen LogP contribution is -2.36. The smallest absolute Gasteiger partial charge is 0.323 e. The third kappa shape index (κ3) is 4.60. The number of nitrogens with zero attached hydrogens (tertiary/aromatic N) is 4. The molecule has 190 valence electrons. The van der Waals surface area contributed by atoms with Crippen molar-refractivity contribution in [2.75, 3.05) is 16.8 Å². The first-order valence-electron chi connectivity index (χ1n) is 12.2. The molecule has 3 aromatic heterocycles. The standard InChI is InChI=1S/C27H28N6O3S/c1-5-21(34)32-10-6-7-17(14-32)30-25(35)24-23-22-19(8-9-28-26(22)37-24)33(27(36)31-23)20-13-29-18(11-15(2)3)12-16(20)4/h5,8-9,12-15H,1,6-7,10-11H2,2-4H3,(H,30,35)(H,31,36). The zero-order valence-corrected chi connectivity index (χ0v) is 21.8. The minimum absolute atomic E-state index is 0.216. The Hall–Kier alpha value is -4.05. The monoisotopic (exact) mass is 516 g/mol. The van der Waals surface area contributed by atoms with Crippen LogP contribution in [0.3, 0.4) is 0 Å². The van der Waals surface area contributed by atoms with Gasteiger partial charge in [-0.2, -0.15) is 0 Å². The van der Waals surface area contributed by atoms with Gasteiger partial charge in [0.05, 0.1) is 28.6 Å². The molecule has 0 saturated heterocycles. The van der Waals surface area contributed by atoms with Crippen molar-refractivity contribution in [3.63, 3.8) is 0 Å². The van der Waals surface area contributed by atoms with Crippen LogP contribution in [0.5, 0.6) is 0 Å². The highest BCUT2D eigenvalue weighted by molar-refractivity contribution is 7.21. The lowest BCUT2D eigenvalue weighted by molar-refractivity contribution is -0.123. The molecule has 3 aromatic rings. The fraction of sp³-hybridized carbons (Fsp3) is 0.296. The Bertz CT molecular complexity index is 1470. The van der Waals surface area contributed by atoms with Gasteiger partial charge in [-0.3, -0.25) is 19.5 Å². The molecule has 5 rings (SSSR count). The Balaban J connectivity index is 1.50. The summed E-state index contributed by atoms with van der Waals surface area (Å²) in [5.41, 5.74) is 4.33. The Morgan fingerprint density at radius 2 is 2.11 bits per heavy atom. The lowest BCUT2D eigenvalue weighted by atomic mass is 10.0. The molecule has 2 N–H and O–H groups in total. The SMILES string of the molecule is C=CC(=O)N1C=C(NC(=O)c2sc3nccc4c3c2NC(=O)N4c2cnc(CC(C)C)cc2C)CCC1. The molecule has 0 aromatic carbocycles. The molecule has 2 aliphatic rings. The molecule has 2 aliphatic heterocycles. The van der Waals surface area contributed by atoms with Gasteiger partial charge in [-0.15, -0.1) is 11.3 Å². The maximum absolute atomic E-state index is 13.4. The fourth-order valence-corrected chi connectivity index (χ4v) is 5.71. The van der Waals surface area contributed by atoms with E-state index in [0.29, 0.717) is 56.7 Å². The number of hydrogen-bond donors (Lipinski definition) is 2. The van der Waals surface area contributed by atoms with E-state index in [2.05, 4.69) is 41.0 Å². The van der Waals surface area contributed by atoms with Crippen molar-refractivity contribution in [2.45, 2.75) is 40.0 Å². The van der Waals surface area contributed by atoms with Crippen LogP contribution < -0.4 is 15.5 Å². The molecule has 0 radical (unpaired) electrons. The number of carbonyl (C=O) groups excluding carboxylic acids is 3. The Labute approximate surface area is 218 Å². The van der Waals surface area contributed by atoms with Crippen molar-refractivity contribution in [1.82, 2.24) is 20.2 Å². The van der Waals surface area contributed by atoms with Gasteiger partial charge in [-0.25, -0.2) is 9.78 Å². The summed E-state index contributed by atoms with van der Waals surface area (Å²) in [6, 6.07) is 3.43. The van der Waals surface area contributed by atoms with Crippen molar-refractivity contribution in [1.29, 1.82) is 0 Å². The number of hydrogen-bond acceptors (Lipinski definition) is 6. The third-order valence-corrected chi connectivity index (χ3v) is 7.44. The van der Waals surface area contributed by atoms with Crippen LogP contribution in [0, 0.1) is 12.8 Å². The summed E-state index contributed by atoms with van der Waals surface area (Å²) in [6.45, 7) is 10.4. The number of aryl methyl sites for hydroxylation is 1. The first-order valence-corrected chi connectivity index (χ1v) is 13.0. The molecule has 0 unspecified atom stereocenters. The molecule has 9 nitrogen and oxygen atoms in total. The predicted octanol–water partition coefficient (Wildman–Crippen LogP) is 5.26. The molecular weight excluding hydrogens is 488 g/mol. The Kier molecular flexibility index (Phi) is 6.51. The van der Waals surface area contributed by atoms with Gasteiger partial charge in [0.25, 0.3) is 5.91 Å². The van der Waals surface area contributed by atoms with E-state index in [-0.39, 0.29) is 17.8 Å². The van der Waals surface area contributed by atoms with E-state index >= 15 is 0 Å². The number of nitrogens with one attached hydrogen (secondary N) is 2. The molecule has 0 atom stereocenters. The number of anilines is 3. The first kappa shape index (κ1) is 24.6. The van der Waals surface area contributed by atoms with Gasteiger partial charge in [0.2, 0.25) is 5.91 Å².